The molecule has 1 aliphatic rings. The van der Waals surface area contributed by atoms with Gasteiger partial charge in [-0.2, -0.15) is 0 Å². The van der Waals surface area contributed by atoms with Crippen molar-refractivity contribution in [3.63, 3.8) is 0 Å². The molecule has 1 rings (SSSR count). The topological polar surface area (TPSA) is 55.1 Å². The number of carbonyl (C=O) groups excluding carboxylic acids is 1. The van der Waals surface area contributed by atoms with Gasteiger partial charge in [0.2, 0.25) is 5.91 Å². The van der Waals surface area contributed by atoms with Gasteiger partial charge in [0.1, 0.15) is 0 Å². The number of nitrogens with one attached hydrogen (secondary N) is 1. The minimum atomic E-state index is -0.208. The molecule has 0 aliphatic heterocycles. The molecule has 0 spiro atoms. The summed E-state index contributed by atoms with van der Waals surface area (Å²) in [6.07, 6.45) is 4.46. The number of hydrogen-bond donors (Lipinski definition) is 2. The van der Waals surface area contributed by atoms with Crippen molar-refractivity contribution in [2.75, 3.05) is 0 Å². The molecule has 0 radical (unpaired) electrons. The summed E-state index contributed by atoms with van der Waals surface area (Å²) in [5.41, 5.74) is 5.59. The lowest BCUT2D eigenvalue weighted by atomic mass is 9.68. The molecule has 2 atom stereocenters. The van der Waals surface area contributed by atoms with E-state index in [4.69, 9.17) is 18.0 Å². The van der Waals surface area contributed by atoms with Crippen LogP contribution in [-0.4, -0.2) is 16.9 Å². The van der Waals surface area contributed by atoms with Crippen LogP contribution >= 0.6 is 12.2 Å². The molecule has 1 fully saturated rings. The molecule has 0 heterocycles. The van der Waals surface area contributed by atoms with Crippen molar-refractivity contribution in [1.29, 1.82) is 0 Å². The first-order valence-electron chi connectivity index (χ1n) is 5.94. The predicted octanol–water partition coefficient (Wildman–Crippen LogP) is 1.99. The number of hydrogen-bond acceptors (Lipinski definition) is 2. The summed E-state index contributed by atoms with van der Waals surface area (Å²) in [7, 11) is 0. The quantitative estimate of drug-likeness (QED) is 0.744. The molecule has 3 nitrogen and oxygen atoms in total. The van der Waals surface area contributed by atoms with Gasteiger partial charge in [0.25, 0.3) is 0 Å². The Morgan fingerprint density at radius 2 is 2.12 bits per heavy atom. The van der Waals surface area contributed by atoms with Crippen LogP contribution in [0.5, 0.6) is 0 Å². The first-order valence-corrected chi connectivity index (χ1v) is 6.35. The van der Waals surface area contributed by atoms with Crippen molar-refractivity contribution < 1.29 is 4.79 Å². The van der Waals surface area contributed by atoms with Crippen LogP contribution in [0, 0.1) is 11.3 Å². The number of amides is 1. The summed E-state index contributed by atoms with van der Waals surface area (Å²) in [5, 5.41) is 2.90. The summed E-state index contributed by atoms with van der Waals surface area (Å²) in [6, 6.07) is -0.208. The van der Waals surface area contributed by atoms with Crippen molar-refractivity contribution in [3.05, 3.63) is 0 Å². The van der Waals surface area contributed by atoms with Crippen molar-refractivity contribution in [2.45, 2.75) is 52.5 Å². The molecular weight excluding hydrogens is 220 g/mol. The first kappa shape index (κ1) is 13.4. The largest absolute Gasteiger partial charge is 0.392 e. The van der Waals surface area contributed by atoms with Crippen LogP contribution in [0.15, 0.2) is 0 Å². The highest BCUT2D eigenvalue weighted by Gasteiger charge is 2.37. The third-order valence-electron chi connectivity index (χ3n) is 3.61. The summed E-state index contributed by atoms with van der Waals surface area (Å²) in [4.78, 5) is 12.5. The molecule has 1 amide bonds. The zero-order valence-electron chi connectivity index (χ0n) is 10.4. The molecule has 4 heteroatoms. The van der Waals surface area contributed by atoms with E-state index < -0.39 is 0 Å². The minimum absolute atomic E-state index is 0.0954. The Kier molecular flexibility index (Phi) is 4.30. The Bertz CT molecular complexity index is 289. The fourth-order valence-electron chi connectivity index (χ4n) is 2.37. The Balaban J connectivity index is 2.62. The van der Waals surface area contributed by atoms with E-state index in [1.165, 1.54) is 6.42 Å². The number of nitrogens with two attached hydrogens (primary N) is 1. The van der Waals surface area contributed by atoms with Crippen LogP contribution in [0.1, 0.15) is 46.5 Å². The summed E-state index contributed by atoms with van der Waals surface area (Å²) in [6.45, 7) is 6.17. The van der Waals surface area contributed by atoms with E-state index >= 15 is 0 Å². The maximum atomic E-state index is 12.1. The molecule has 1 saturated carbocycles. The van der Waals surface area contributed by atoms with Crippen molar-refractivity contribution in [2.24, 2.45) is 17.1 Å². The van der Waals surface area contributed by atoms with Gasteiger partial charge in [-0.1, -0.05) is 38.9 Å². The highest BCUT2D eigenvalue weighted by molar-refractivity contribution is 7.80. The second-order valence-electron chi connectivity index (χ2n) is 5.42. The van der Waals surface area contributed by atoms with Gasteiger partial charge in [-0.15, -0.1) is 0 Å². The van der Waals surface area contributed by atoms with E-state index in [1.807, 2.05) is 6.92 Å². The molecule has 0 saturated heterocycles. The van der Waals surface area contributed by atoms with E-state index in [0.29, 0.717) is 4.99 Å². The lowest BCUT2D eigenvalue weighted by molar-refractivity contribution is -0.130. The van der Waals surface area contributed by atoms with Crippen LogP contribution < -0.4 is 11.1 Å². The SMILES string of the molecule is CC(NC(=O)C1CCCCC1(C)C)C(N)=S. The highest BCUT2D eigenvalue weighted by Crippen LogP contribution is 2.40. The second-order valence-corrected chi connectivity index (χ2v) is 5.89. The summed E-state index contributed by atoms with van der Waals surface area (Å²) < 4.78 is 0. The van der Waals surface area contributed by atoms with Crippen molar-refractivity contribution >= 4 is 23.1 Å². The zero-order chi connectivity index (χ0) is 12.3. The third kappa shape index (κ3) is 3.17. The van der Waals surface area contributed by atoms with Crippen LogP contribution in [0.3, 0.4) is 0 Å². The molecule has 0 aromatic heterocycles. The van der Waals surface area contributed by atoms with Gasteiger partial charge >= 0.3 is 0 Å². The smallest absolute Gasteiger partial charge is 0.224 e. The standard InChI is InChI=1S/C12H22N2OS/c1-8(10(13)16)14-11(15)9-6-4-5-7-12(9,2)3/h8-9H,4-7H2,1-3H3,(H2,13,16)(H,14,15). The minimum Gasteiger partial charge on any atom is -0.392 e. The fraction of sp³-hybridized carbons (Fsp3) is 0.833. The number of thiocarbonyl (C=S) groups is 1. The van der Waals surface area contributed by atoms with Gasteiger partial charge in [0.15, 0.2) is 0 Å². The van der Waals surface area contributed by atoms with E-state index in [2.05, 4.69) is 19.2 Å². The normalized spacial score (nSPS) is 25.8. The Labute approximate surface area is 103 Å². The Hall–Kier alpha value is -0.640. The monoisotopic (exact) mass is 242 g/mol. The summed E-state index contributed by atoms with van der Waals surface area (Å²) >= 11 is 4.86. The maximum absolute atomic E-state index is 12.1. The fourth-order valence-corrected chi connectivity index (χ4v) is 2.42. The van der Waals surface area contributed by atoms with Gasteiger partial charge in [0.05, 0.1) is 11.0 Å². The molecule has 16 heavy (non-hydrogen) atoms. The molecule has 0 bridgehead atoms. The van der Waals surface area contributed by atoms with E-state index in [0.717, 1.165) is 19.3 Å². The Morgan fingerprint density at radius 1 is 1.50 bits per heavy atom. The van der Waals surface area contributed by atoms with Gasteiger partial charge in [0, 0.05) is 5.92 Å². The highest BCUT2D eigenvalue weighted by atomic mass is 32.1. The van der Waals surface area contributed by atoms with Crippen LogP contribution in [-0.2, 0) is 4.79 Å². The van der Waals surface area contributed by atoms with Gasteiger partial charge in [-0.3, -0.25) is 4.79 Å². The molecule has 1 aliphatic carbocycles. The number of carbonyl (C=O) groups is 1. The van der Waals surface area contributed by atoms with Crippen LogP contribution in [0.2, 0.25) is 0 Å². The molecule has 3 N–H and O–H groups in total. The molecule has 2 unspecified atom stereocenters. The van der Waals surface area contributed by atoms with Gasteiger partial charge < -0.3 is 11.1 Å². The van der Waals surface area contributed by atoms with Gasteiger partial charge in [-0.25, -0.2) is 0 Å². The summed E-state index contributed by atoms with van der Waals surface area (Å²) in [5.74, 6) is 0.197. The lowest BCUT2D eigenvalue weighted by Gasteiger charge is -2.38. The van der Waals surface area contributed by atoms with Crippen LogP contribution in [0.4, 0.5) is 0 Å². The Morgan fingerprint density at radius 3 is 2.62 bits per heavy atom. The van der Waals surface area contributed by atoms with Gasteiger partial charge in [-0.05, 0) is 25.2 Å². The van der Waals surface area contributed by atoms with Crippen LogP contribution in [0.25, 0.3) is 0 Å². The molecule has 0 aromatic rings. The van der Waals surface area contributed by atoms with E-state index in [-0.39, 0.29) is 23.3 Å². The first-order chi connectivity index (χ1) is 7.34. The average molecular weight is 242 g/mol. The van der Waals surface area contributed by atoms with Crippen molar-refractivity contribution in [3.8, 4) is 0 Å². The average Bonchev–Trinajstić information content (AvgIpc) is 2.16. The van der Waals surface area contributed by atoms with Crippen molar-refractivity contribution in [1.82, 2.24) is 5.32 Å². The van der Waals surface area contributed by atoms with E-state index in [1.54, 1.807) is 0 Å². The predicted molar refractivity (Wildman–Crippen MR) is 70.1 cm³/mol. The molecular formula is C12H22N2OS. The maximum Gasteiger partial charge on any atom is 0.224 e. The molecule has 92 valence electrons. The second kappa shape index (κ2) is 5.13. The third-order valence-corrected chi connectivity index (χ3v) is 3.96. The lowest BCUT2D eigenvalue weighted by Crippen LogP contribution is -2.47. The molecule has 0 aromatic carbocycles. The number of rotatable bonds is 3. The van der Waals surface area contributed by atoms with E-state index in [9.17, 15) is 4.79 Å². The zero-order valence-corrected chi connectivity index (χ0v) is 11.2.